The van der Waals surface area contributed by atoms with E-state index in [-0.39, 0.29) is 24.0 Å². The molecule has 0 aliphatic carbocycles. The summed E-state index contributed by atoms with van der Waals surface area (Å²) in [5, 5.41) is 5.91. The molecule has 3 aromatic rings. The maximum atomic E-state index is 13.7. The quantitative estimate of drug-likeness (QED) is 0.704. The molecule has 0 bridgehead atoms. The van der Waals surface area contributed by atoms with E-state index in [1.807, 2.05) is 32.0 Å². The Kier molecular flexibility index (Phi) is 5.45. The van der Waals surface area contributed by atoms with E-state index in [1.54, 1.807) is 31.2 Å². The molecule has 1 heterocycles. The molecule has 0 unspecified atom stereocenters. The molecule has 0 aliphatic heterocycles. The van der Waals surface area contributed by atoms with Crippen LogP contribution in [0.25, 0.3) is 0 Å². The number of benzene rings is 2. The first kappa shape index (κ1) is 18.5. The number of amides is 1. The molecule has 5 nitrogen and oxygen atoms in total. The van der Waals surface area contributed by atoms with Gasteiger partial charge >= 0.3 is 0 Å². The van der Waals surface area contributed by atoms with Gasteiger partial charge in [0.2, 0.25) is 0 Å². The van der Waals surface area contributed by atoms with Gasteiger partial charge in [-0.2, -0.15) is 0 Å². The van der Waals surface area contributed by atoms with Gasteiger partial charge in [0.1, 0.15) is 23.2 Å². The number of anilines is 2. The number of hydrogen-bond donors (Lipinski definition) is 2. The summed E-state index contributed by atoms with van der Waals surface area (Å²) < 4.78 is 13.7. The van der Waals surface area contributed by atoms with Gasteiger partial charge in [-0.05, 0) is 50.1 Å². The smallest absolute Gasteiger partial charge is 0.274 e. The maximum Gasteiger partial charge on any atom is 0.274 e. The van der Waals surface area contributed by atoms with Crippen molar-refractivity contribution in [2.75, 3.05) is 10.6 Å². The van der Waals surface area contributed by atoms with E-state index in [2.05, 4.69) is 20.6 Å². The Morgan fingerprint density at radius 1 is 1.00 bits per heavy atom. The average molecular weight is 364 g/mol. The highest BCUT2D eigenvalue weighted by Gasteiger charge is 2.12. The van der Waals surface area contributed by atoms with Crippen molar-refractivity contribution in [3.05, 3.63) is 82.6 Å². The van der Waals surface area contributed by atoms with Crippen molar-refractivity contribution in [1.29, 1.82) is 0 Å². The Bertz CT molecular complexity index is 967. The Balaban J connectivity index is 1.76. The fourth-order valence-electron chi connectivity index (χ4n) is 2.84. The van der Waals surface area contributed by atoms with E-state index < -0.39 is 0 Å². The zero-order valence-corrected chi connectivity index (χ0v) is 15.5. The van der Waals surface area contributed by atoms with Crippen molar-refractivity contribution in [1.82, 2.24) is 9.97 Å². The molecule has 0 aliphatic rings. The Hall–Kier alpha value is -3.28. The molecule has 0 spiro atoms. The lowest BCUT2D eigenvalue weighted by atomic mass is 10.1. The number of hydrogen-bond acceptors (Lipinski definition) is 4. The molecular formula is C21H21FN4O. The number of rotatable bonds is 5. The zero-order chi connectivity index (χ0) is 19.4. The second-order valence-electron chi connectivity index (χ2n) is 6.46. The molecule has 6 heteroatoms. The van der Waals surface area contributed by atoms with Gasteiger partial charge in [-0.25, -0.2) is 14.4 Å². The highest BCUT2D eigenvalue weighted by molar-refractivity contribution is 6.03. The molecule has 1 amide bonds. The molecule has 0 atom stereocenters. The van der Waals surface area contributed by atoms with E-state index in [9.17, 15) is 9.18 Å². The molecule has 0 saturated heterocycles. The summed E-state index contributed by atoms with van der Waals surface area (Å²) in [6.45, 7) is 5.92. The van der Waals surface area contributed by atoms with Crippen LogP contribution in [0.5, 0.6) is 0 Å². The van der Waals surface area contributed by atoms with E-state index in [0.29, 0.717) is 17.2 Å². The highest BCUT2D eigenvalue weighted by atomic mass is 19.1. The zero-order valence-electron chi connectivity index (χ0n) is 15.5. The number of aromatic nitrogens is 2. The monoisotopic (exact) mass is 364 g/mol. The van der Waals surface area contributed by atoms with E-state index in [0.717, 1.165) is 16.8 Å². The first-order valence-electron chi connectivity index (χ1n) is 8.63. The van der Waals surface area contributed by atoms with E-state index in [4.69, 9.17) is 0 Å². The van der Waals surface area contributed by atoms with Crippen molar-refractivity contribution < 1.29 is 9.18 Å². The Morgan fingerprint density at radius 3 is 2.41 bits per heavy atom. The molecule has 0 fully saturated rings. The second-order valence-corrected chi connectivity index (χ2v) is 6.46. The maximum absolute atomic E-state index is 13.7. The predicted molar refractivity (Wildman–Crippen MR) is 104 cm³/mol. The van der Waals surface area contributed by atoms with Gasteiger partial charge in [0.25, 0.3) is 5.91 Å². The molecule has 2 aromatic carbocycles. The van der Waals surface area contributed by atoms with Crippen LogP contribution in [-0.2, 0) is 6.54 Å². The van der Waals surface area contributed by atoms with Gasteiger partial charge in [0.15, 0.2) is 0 Å². The second kappa shape index (κ2) is 7.95. The Labute approximate surface area is 157 Å². The summed E-state index contributed by atoms with van der Waals surface area (Å²) in [5.41, 5.74) is 3.62. The van der Waals surface area contributed by atoms with Crippen molar-refractivity contribution in [2.24, 2.45) is 0 Å². The van der Waals surface area contributed by atoms with Crippen molar-refractivity contribution >= 4 is 17.4 Å². The van der Waals surface area contributed by atoms with Crippen molar-refractivity contribution in [3.8, 4) is 0 Å². The topological polar surface area (TPSA) is 66.9 Å². The van der Waals surface area contributed by atoms with Crippen LogP contribution >= 0.6 is 0 Å². The standard InChI is InChI=1S/C21H21FN4O/c1-13-8-14(2)10-17(9-13)26-21(27)19-11-20(25-15(3)24-19)23-12-16-6-4-5-7-18(16)22/h4-11H,12H2,1-3H3,(H,26,27)(H,23,24,25). The fourth-order valence-corrected chi connectivity index (χ4v) is 2.84. The van der Waals surface area contributed by atoms with E-state index >= 15 is 0 Å². The predicted octanol–water partition coefficient (Wildman–Crippen LogP) is 4.41. The molecular weight excluding hydrogens is 343 g/mol. The van der Waals surface area contributed by atoms with Gasteiger partial charge < -0.3 is 10.6 Å². The summed E-state index contributed by atoms with van der Waals surface area (Å²) in [6.07, 6.45) is 0. The number of carbonyl (C=O) groups excluding carboxylic acids is 1. The number of halogens is 1. The van der Waals surface area contributed by atoms with Crippen LogP contribution in [0, 0.1) is 26.6 Å². The molecule has 138 valence electrons. The van der Waals surface area contributed by atoms with Gasteiger partial charge in [-0.3, -0.25) is 4.79 Å². The van der Waals surface area contributed by atoms with Crippen molar-refractivity contribution in [2.45, 2.75) is 27.3 Å². The van der Waals surface area contributed by atoms with Crippen LogP contribution in [0.2, 0.25) is 0 Å². The first-order valence-corrected chi connectivity index (χ1v) is 8.63. The van der Waals surface area contributed by atoms with E-state index in [1.165, 1.54) is 6.07 Å². The molecule has 27 heavy (non-hydrogen) atoms. The lowest BCUT2D eigenvalue weighted by molar-refractivity contribution is 0.102. The van der Waals surface area contributed by atoms with Gasteiger partial charge in [-0.1, -0.05) is 24.3 Å². The van der Waals surface area contributed by atoms with Crippen LogP contribution < -0.4 is 10.6 Å². The SMILES string of the molecule is Cc1cc(C)cc(NC(=O)c2cc(NCc3ccccc3F)nc(C)n2)c1. The van der Waals surface area contributed by atoms with Crippen LogP contribution in [0.4, 0.5) is 15.9 Å². The van der Waals surface area contributed by atoms with Crippen LogP contribution in [0.1, 0.15) is 33.0 Å². The summed E-state index contributed by atoms with van der Waals surface area (Å²) in [7, 11) is 0. The van der Waals surface area contributed by atoms with Crippen molar-refractivity contribution in [3.63, 3.8) is 0 Å². The number of aryl methyl sites for hydroxylation is 3. The average Bonchev–Trinajstić information content (AvgIpc) is 2.59. The first-order chi connectivity index (χ1) is 12.9. The third-order valence-electron chi connectivity index (χ3n) is 3.97. The lowest BCUT2D eigenvalue weighted by Gasteiger charge is -2.10. The summed E-state index contributed by atoms with van der Waals surface area (Å²) in [4.78, 5) is 21.1. The number of nitrogens with zero attached hydrogens (tertiary/aromatic N) is 2. The minimum Gasteiger partial charge on any atom is -0.366 e. The highest BCUT2D eigenvalue weighted by Crippen LogP contribution is 2.16. The molecule has 3 rings (SSSR count). The Morgan fingerprint density at radius 2 is 1.70 bits per heavy atom. The molecule has 0 saturated carbocycles. The third-order valence-corrected chi connectivity index (χ3v) is 3.97. The van der Waals surface area contributed by atoms with Gasteiger partial charge in [-0.15, -0.1) is 0 Å². The van der Waals surface area contributed by atoms with Gasteiger partial charge in [0, 0.05) is 23.9 Å². The molecule has 0 radical (unpaired) electrons. The molecule has 2 N–H and O–H groups in total. The summed E-state index contributed by atoms with van der Waals surface area (Å²) in [6, 6.07) is 13.9. The number of nitrogens with one attached hydrogen (secondary N) is 2. The fraction of sp³-hybridized carbons (Fsp3) is 0.190. The van der Waals surface area contributed by atoms with Crippen LogP contribution in [0.15, 0.2) is 48.5 Å². The summed E-state index contributed by atoms with van der Waals surface area (Å²) in [5.74, 6) is 0.318. The van der Waals surface area contributed by atoms with Gasteiger partial charge in [0.05, 0.1) is 0 Å². The minimum absolute atomic E-state index is 0.248. The summed E-state index contributed by atoms with van der Waals surface area (Å²) >= 11 is 0. The lowest BCUT2D eigenvalue weighted by Crippen LogP contribution is -2.16. The normalized spacial score (nSPS) is 10.5. The van der Waals surface area contributed by atoms with Crippen LogP contribution in [0.3, 0.4) is 0 Å². The minimum atomic E-state index is -0.320. The number of carbonyl (C=O) groups is 1. The molecule has 1 aromatic heterocycles. The largest absolute Gasteiger partial charge is 0.366 e. The van der Waals surface area contributed by atoms with Crippen LogP contribution in [-0.4, -0.2) is 15.9 Å². The third kappa shape index (κ3) is 4.88.